The van der Waals surface area contributed by atoms with E-state index >= 15 is 0 Å². The third-order valence-electron chi connectivity index (χ3n) is 4.66. The topological polar surface area (TPSA) is 70.7 Å². The maximum atomic E-state index is 11.9. The zero-order valence-corrected chi connectivity index (χ0v) is 15.5. The van der Waals surface area contributed by atoms with Gasteiger partial charge in [-0.05, 0) is 61.2 Å². The van der Waals surface area contributed by atoms with Gasteiger partial charge in [0.1, 0.15) is 5.75 Å². The molecule has 1 saturated heterocycles. The molecule has 142 valence electrons. The average Bonchev–Trinajstić information content (AvgIpc) is 3.24. The number of rotatable bonds is 6. The molecule has 27 heavy (non-hydrogen) atoms. The Kier molecular flexibility index (Phi) is 6.30. The molecule has 0 aromatic heterocycles. The Labute approximate surface area is 159 Å². The molecule has 1 fully saturated rings. The molecule has 2 aromatic rings. The predicted octanol–water partition coefficient (Wildman–Crippen LogP) is 2.59. The lowest BCUT2D eigenvalue weighted by Gasteiger charge is -2.17. The van der Waals surface area contributed by atoms with Crippen LogP contribution in [0.4, 0.5) is 11.4 Å². The molecule has 2 aromatic carbocycles. The first kappa shape index (κ1) is 18.8. The highest BCUT2D eigenvalue weighted by atomic mass is 16.5. The molecule has 0 aliphatic carbocycles. The second-order valence-electron chi connectivity index (χ2n) is 6.55. The SMILES string of the molecule is COc1ccc(NC(=O)C(=O)NCCc2ccc(N3CCCC3)cc2)cc1. The van der Waals surface area contributed by atoms with Gasteiger partial charge in [0.15, 0.2) is 0 Å². The summed E-state index contributed by atoms with van der Waals surface area (Å²) in [6.45, 7) is 2.66. The average molecular weight is 367 g/mol. The summed E-state index contributed by atoms with van der Waals surface area (Å²) in [5.41, 5.74) is 2.93. The van der Waals surface area contributed by atoms with E-state index < -0.39 is 11.8 Å². The fraction of sp³-hybridized carbons (Fsp3) is 0.333. The summed E-state index contributed by atoms with van der Waals surface area (Å²) < 4.78 is 5.06. The molecular formula is C21H25N3O3. The van der Waals surface area contributed by atoms with Gasteiger partial charge in [-0.15, -0.1) is 0 Å². The van der Waals surface area contributed by atoms with E-state index in [-0.39, 0.29) is 0 Å². The van der Waals surface area contributed by atoms with E-state index in [9.17, 15) is 9.59 Å². The van der Waals surface area contributed by atoms with E-state index in [0.717, 1.165) is 18.7 Å². The second-order valence-corrected chi connectivity index (χ2v) is 6.55. The van der Waals surface area contributed by atoms with Gasteiger partial charge in [-0.1, -0.05) is 12.1 Å². The number of nitrogens with zero attached hydrogens (tertiary/aromatic N) is 1. The van der Waals surface area contributed by atoms with Crippen molar-refractivity contribution in [1.29, 1.82) is 0 Å². The van der Waals surface area contributed by atoms with Crippen LogP contribution in [0.3, 0.4) is 0 Å². The number of carbonyl (C=O) groups excluding carboxylic acids is 2. The van der Waals surface area contributed by atoms with Crippen molar-refractivity contribution in [3.63, 3.8) is 0 Å². The van der Waals surface area contributed by atoms with Crippen LogP contribution in [-0.2, 0) is 16.0 Å². The quantitative estimate of drug-likeness (QED) is 0.770. The fourth-order valence-electron chi connectivity index (χ4n) is 3.11. The molecule has 0 spiro atoms. The lowest BCUT2D eigenvalue weighted by atomic mass is 10.1. The maximum Gasteiger partial charge on any atom is 0.313 e. The zero-order valence-electron chi connectivity index (χ0n) is 15.5. The number of anilines is 2. The number of methoxy groups -OCH3 is 1. The predicted molar refractivity (Wildman–Crippen MR) is 106 cm³/mol. The standard InChI is InChI=1S/C21H25N3O3/c1-27-19-10-6-17(7-11-19)23-21(26)20(25)22-13-12-16-4-8-18(9-5-16)24-14-2-3-15-24/h4-11H,2-3,12-15H2,1H3,(H,22,25)(H,23,26). The van der Waals surface area contributed by atoms with Crippen LogP contribution in [0.15, 0.2) is 48.5 Å². The van der Waals surface area contributed by atoms with E-state index in [4.69, 9.17) is 4.74 Å². The van der Waals surface area contributed by atoms with E-state index in [1.807, 2.05) is 0 Å². The van der Waals surface area contributed by atoms with E-state index in [1.165, 1.54) is 18.5 Å². The molecule has 0 saturated carbocycles. The normalized spacial score (nSPS) is 13.3. The summed E-state index contributed by atoms with van der Waals surface area (Å²) in [6, 6.07) is 15.2. The second kappa shape index (κ2) is 9.07. The minimum Gasteiger partial charge on any atom is -0.497 e. The summed E-state index contributed by atoms with van der Waals surface area (Å²) >= 11 is 0. The molecule has 6 nitrogen and oxygen atoms in total. The molecule has 2 amide bonds. The van der Waals surface area contributed by atoms with Crippen molar-refractivity contribution in [3.8, 4) is 5.75 Å². The monoisotopic (exact) mass is 367 g/mol. The number of hydrogen-bond acceptors (Lipinski definition) is 4. The minimum atomic E-state index is -0.676. The highest BCUT2D eigenvalue weighted by Crippen LogP contribution is 2.20. The van der Waals surface area contributed by atoms with Crippen LogP contribution in [0.25, 0.3) is 0 Å². The Morgan fingerprint density at radius 2 is 1.63 bits per heavy atom. The molecule has 1 heterocycles. The summed E-state index contributed by atoms with van der Waals surface area (Å²) in [4.78, 5) is 26.3. The van der Waals surface area contributed by atoms with E-state index in [1.54, 1.807) is 31.4 Å². The van der Waals surface area contributed by atoms with Gasteiger partial charge in [0.25, 0.3) is 0 Å². The third kappa shape index (κ3) is 5.23. The van der Waals surface area contributed by atoms with Gasteiger partial charge in [0.2, 0.25) is 0 Å². The Morgan fingerprint density at radius 1 is 0.963 bits per heavy atom. The Balaban J connectivity index is 1.42. The summed E-state index contributed by atoms with van der Waals surface area (Å²) in [5.74, 6) is -0.628. The Hall–Kier alpha value is -3.02. The lowest BCUT2D eigenvalue weighted by Crippen LogP contribution is -2.36. The summed E-state index contributed by atoms with van der Waals surface area (Å²) in [5, 5.41) is 5.23. The van der Waals surface area contributed by atoms with E-state index in [0.29, 0.717) is 24.4 Å². The number of amides is 2. The first-order valence-electron chi connectivity index (χ1n) is 9.23. The highest BCUT2D eigenvalue weighted by molar-refractivity contribution is 6.39. The number of hydrogen-bond donors (Lipinski definition) is 2. The highest BCUT2D eigenvalue weighted by Gasteiger charge is 2.14. The molecule has 6 heteroatoms. The van der Waals surface area contributed by atoms with Gasteiger partial charge < -0.3 is 20.3 Å². The molecule has 0 unspecified atom stereocenters. The van der Waals surface area contributed by atoms with Gasteiger partial charge >= 0.3 is 11.8 Å². The Morgan fingerprint density at radius 3 is 2.26 bits per heavy atom. The third-order valence-corrected chi connectivity index (χ3v) is 4.66. The first-order chi connectivity index (χ1) is 13.2. The van der Waals surface area contributed by atoms with Crippen molar-refractivity contribution < 1.29 is 14.3 Å². The van der Waals surface area contributed by atoms with Crippen LogP contribution in [0.5, 0.6) is 5.75 Å². The summed E-state index contributed by atoms with van der Waals surface area (Å²) in [7, 11) is 1.57. The zero-order chi connectivity index (χ0) is 19.1. The van der Waals surface area contributed by atoms with Crippen molar-refractivity contribution in [2.24, 2.45) is 0 Å². The molecular weight excluding hydrogens is 342 g/mol. The van der Waals surface area contributed by atoms with Crippen molar-refractivity contribution in [2.75, 3.05) is 37.0 Å². The van der Waals surface area contributed by atoms with Crippen LogP contribution in [0, 0.1) is 0 Å². The number of benzene rings is 2. The van der Waals surface area contributed by atoms with Gasteiger partial charge in [0.05, 0.1) is 7.11 Å². The number of carbonyl (C=O) groups is 2. The first-order valence-corrected chi connectivity index (χ1v) is 9.23. The van der Waals surface area contributed by atoms with Crippen molar-refractivity contribution in [3.05, 3.63) is 54.1 Å². The van der Waals surface area contributed by atoms with E-state index in [2.05, 4.69) is 39.8 Å². The Bertz CT molecular complexity index is 766. The summed E-state index contributed by atoms with van der Waals surface area (Å²) in [6.07, 6.45) is 3.20. The van der Waals surface area contributed by atoms with Gasteiger partial charge in [-0.3, -0.25) is 9.59 Å². The van der Waals surface area contributed by atoms with Gasteiger partial charge in [0, 0.05) is 31.0 Å². The molecule has 1 aliphatic rings. The number of ether oxygens (including phenoxy) is 1. The van der Waals surface area contributed by atoms with Crippen molar-refractivity contribution in [1.82, 2.24) is 5.32 Å². The van der Waals surface area contributed by atoms with Crippen LogP contribution >= 0.6 is 0 Å². The molecule has 0 radical (unpaired) electrons. The van der Waals surface area contributed by atoms with Gasteiger partial charge in [-0.2, -0.15) is 0 Å². The molecule has 0 bridgehead atoms. The van der Waals surface area contributed by atoms with Gasteiger partial charge in [-0.25, -0.2) is 0 Å². The van der Waals surface area contributed by atoms with Crippen molar-refractivity contribution >= 4 is 23.2 Å². The van der Waals surface area contributed by atoms with Crippen molar-refractivity contribution in [2.45, 2.75) is 19.3 Å². The number of nitrogens with one attached hydrogen (secondary N) is 2. The fourth-order valence-corrected chi connectivity index (χ4v) is 3.11. The minimum absolute atomic E-state index is 0.415. The maximum absolute atomic E-state index is 11.9. The smallest absolute Gasteiger partial charge is 0.313 e. The molecule has 3 rings (SSSR count). The lowest BCUT2D eigenvalue weighted by molar-refractivity contribution is -0.136. The molecule has 1 aliphatic heterocycles. The van der Waals surface area contributed by atoms with Crippen LogP contribution in [-0.4, -0.2) is 38.6 Å². The van der Waals surface area contributed by atoms with Crippen LogP contribution in [0.1, 0.15) is 18.4 Å². The molecule has 0 atom stereocenters. The van der Waals surface area contributed by atoms with Crippen LogP contribution in [0.2, 0.25) is 0 Å². The largest absolute Gasteiger partial charge is 0.497 e. The van der Waals surface area contributed by atoms with Crippen LogP contribution < -0.4 is 20.3 Å². The molecule has 2 N–H and O–H groups in total.